The molecule has 0 aliphatic rings. The monoisotopic (exact) mass is 410 g/mol. The zero-order chi connectivity index (χ0) is 19.9. The lowest BCUT2D eigenvalue weighted by Crippen LogP contribution is -2.31. The number of nitrogens with zero attached hydrogens (tertiary/aromatic N) is 1. The van der Waals surface area contributed by atoms with Crippen molar-refractivity contribution in [1.29, 1.82) is 0 Å². The molecule has 0 aromatic heterocycles. The Morgan fingerprint density at radius 1 is 1.11 bits per heavy atom. The van der Waals surface area contributed by atoms with E-state index in [4.69, 9.17) is 16.3 Å². The lowest BCUT2D eigenvalue weighted by atomic mass is 10.2. The summed E-state index contributed by atoms with van der Waals surface area (Å²) < 4.78 is 32.3. The van der Waals surface area contributed by atoms with Gasteiger partial charge in [0.1, 0.15) is 5.75 Å². The third-order valence-corrected chi connectivity index (χ3v) is 5.56. The molecule has 1 N–H and O–H groups in total. The number of rotatable bonds is 9. The van der Waals surface area contributed by atoms with Gasteiger partial charge >= 0.3 is 0 Å². The normalized spacial score (nSPS) is 11.2. The molecule has 0 atom stereocenters. The van der Waals surface area contributed by atoms with Crippen molar-refractivity contribution >= 4 is 27.5 Å². The number of carbonyl (C=O) groups excluding carboxylic acids is 1. The smallest absolute Gasteiger partial charge is 0.240 e. The molecule has 2 rings (SSSR count). The zero-order valence-electron chi connectivity index (χ0n) is 15.3. The number of hydrogen-bond acceptors (Lipinski definition) is 4. The van der Waals surface area contributed by atoms with E-state index in [0.29, 0.717) is 23.9 Å². The molecule has 0 fully saturated rings. The maximum absolute atomic E-state index is 12.3. The van der Waals surface area contributed by atoms with Gasteiger partial charge in [-0.3, -0.25) is 4.79 Å². The van der Waals surface area contributed by atoms with E-state index in [1.807, 2.05) is 19.1 Å². The predicted molar refractivity (Wildman–Crippen MR) is 105 cm³/mol. The Labute approximate surface area is 165 Å². The minimum Gasteiger partial charge on any atom is -0.494 e. The van der Waals surface area contributed by atoms with E-state index in [9.17, 15) is 13.2 Å². The Morgan fingerprint density at radius 3 is 2.33 bits per heavy atom. The number of benzene rings is 2. The number of halogens is 1. The van der Waals surface area contributed by atoms with Crippen LogP contribution < -0.4 is 9.46 Å². The summed E-state index contributed by atoms with van der Waals surface area (Å²) in [5, 5.41) is 0.636. The summed E-state index contributed by atoms with van der Waals surface area (Å²) in [5.41, 5.74) is 0.949. The van der Waals surface area contributed by atoms with Crippen molar-refractivity contribution in [2.75, 3.05) is 20.2 Å². The van der Waals surface area contributed by atoms with E-state index in [-0.39, 0.29) is 23.8 Å². The number of nitrogens with one attached hydrogen (secondary N) is 1. The standard InChI is InChI=1S/C19H23ClN2O4S/c1-3-26-17-8-10-18(11-9-17)27(24,25)21-13-12-19(23)22(2)14-15-4-6-16(20)7-5-15/h4-11,21H,3,12-14H2,1-2H3. The van der Waals surface area contributed by atoms with Gasteiger partial charge < -0.3 is 9.64 Å². The molecule has 0 unspecified atom stereocenters. The molecule has 2 aromatic rings. The van der Waals surface area contributed by atoms with Gasteiger partial charge in [0.2, 0.25) is 15.9 Å². The number of hydrogen-bond donors (Lipinski definition) is 1. The van der Waals surface area contributed by atoms with E-state index in [1.165, 1.54) is 12.1 Å². The van der Waals surface area contributed by atoms with E-state index in [2.05, 4.69) is 4.72 Å². The van der Waals surface area contributed by atoms with Crippen molar-refractivity contribution in [1.82, 2.24) is 9.62 Å². The average Bonchev–Trinajstić information content (AvgIpc) is 2.64. The molecule has 0 radical (unpaired) electrons. The first-order valence-electron chi connectivity index (χ1n) is 8.53. The van der Waals surface area contributed by atoms with Crippen molar-refractivity contribution < 1.29 is 17.9 Å². The van der Waals surface area contributed by atoms with E-state index < -0.39 is 10.0 Å². The van der Waals surface area contributed by atoms with Crippen LogP contribution in [-0.2, 0) is 21.4 Å². The van der Waals surface area contributed by atoms with Crippen LogP contribution in [-0.4, -0.2) is 39.4 Å². The lowest BCUT2D eigenvalue weighted by Gasteiger charge is -2.17. The third-order valence-electron chi connectivity index (χ3n) is 3.83. The molecule has 8 heteroatoms. The van der Waals surface area contributed by atoms with Gasteiger partial charge in [0.15, 0.2) is 0 Å². The summed E-state index contributed by atoms with van der Waals surface area (Å²) in [6, 6.07) is 13.4. The molecule has 6 nitrogen and oxygen atoms in total. The van der Waals surface area contributed by atoms with Gasteiger partial charge in [-0.15, -0.1) is 0 Å². The second-order valence-corrected chi connectivity index (χ2v) is 8.13. The summed E-state index contributed by atoms with van der Waals surface area (Å²) in [6.07, 6.45) is 0.0698. The summed E-state index contributed by atoms with van der Waals surface area (Å²) in [5.74, 6) is 0.454. The van der Waals surface area contributed by atoms with Gasteiger partial charge in [-0.05, 0) is 48.9 Å². The first-order chi connectivity index (χ1) is 12.8. The van der Waals surface area contributed by atoms with Crippen LogP contribution in [0.25, 0.3) is 0 Å². The molecule has 0 aliphatic carbocycles. The molecular formula is C19H23ClN2O4S. The van der Waals surface area contributed by atoms with Gasteiger partial charge in [-0.1, -0.05) is 23.7 Å². The number of sulfonamides is 1. The van der Waals surface area contributed by atoms with Crippen LogP contribution in [0.1, 0.15) is 18.9 Å². The van der Waals surface area contributed by atoms with E-state index in [1.54, 1.807) is 36.2 Å². The van der Waals surface area contributed by atoms with Crippen molar-refractivity contribution in [3.8, 4) is 5.75 Å². The highest BCUT2D eigenvalue weighted by molar-refractivity contribution is 7.89. The molecular weight excluding hydrogens is 388 g/mol. The summed E-state index contributed by atoms with van der Waals surface area (Å²) in [4.78, 5) is 13.9. The number of carbonyl (C=O) groups is 1. The largest absolute Gasteiger partial charge is 0.494 e. The summed E-state index contributed by atoms with van der Waals surface area (Å²) in [7, 11) is -1.99. The van der Waals surface area contributed by atoms with Crippen LogP contribution in [0.2, 0.25) is 5.02 Å². The quantitative estimate of drug-likeness (QED) is 0.689. The first-order valence-corrected chi connectivity index (χ1v) is 10.4. The van der Waals surface area contributed by atoms with Crippen molar-refractivity contribution in [2.24, 2.45) is 0 Å². The molecule has 1 amide bonds. The van der Waals surface area contributed by atoms with Crippen LogP contribution in [0, 0.1) is 0 Å². The average molecular weight is 411 g/mol. The van der Waals surface area contributed by atoms with Crippen molar-refractivity contribution in [2.45, 2.75) is 24.8 Å². The molecule has 0 aliphatic heterocycles. The highest BCUT2D eigenvalue weighted by Crippen LogP contribution is 2.16. The maximum Gasteiger partial charge on any atom is 0.240 e. The third kappa shape index (κ3) is 6.53. The SMILES string of the molecule is CCOc1ccc(S(=O)(=O)NCCC(=O)N(C)Cc2ccc(Cl)cc2)cc1. The Kier molecular flexibility index (Phi) is 7.65. The molecule has 0 saturated carbocycles. The second kappa shape index (κ2) is 9.73. The van der Waals surface area contributed by atoms with Crippen LogP contribution in [0.5, 0.6) is 5.75 Å². The lowest BCUT2D eigenvalue weighted by molar-refractivity contribution is -0.130. The van der Waals surface area contributed by atoms with E-state index >= 15 is 0 Å². The van der Waals surface area contributed by atoms with E-state index in [0.717, 1.165) is 5.56 Å². The van der Waals surface area contributed by atoms with Crippen LogP contribution in [0.3, 0.4) is 0 Å². The molecule has 0 saturated heterocycles. The first kappa shape index (κ1) is 21.2. The fourth-order valence-corrected chi connectivity index (χ4v) is 3.56. The Balaban J connectivity index is 1.84. The minimum atomic E-state index is -3.67. The minimum absolute atomic E-state index is 0.0271. The molecule has 0 spiro atoms. The Hall–Kier alpha value is -2.09. The topological polar surface area (TPSA) is 75.7 Å². The summed E-state index contributed by atoms with van der Waals surface area (Å²) in [6.45, 7) is 2.82. The molecule has 0 heterocycles. The van der Waals surface area contributed by atoms with Crippen LogP contribution >= 0.6 is 11.6 Å². The van der Waals surface area contributed by atoms with Crippen LogP contribution in [0.15, 0.2) is 53.4 Å². The highest BCUT2D eigenvalue weighted by atomic mass is 35.5. The van der Waals surface area contributed by atoms with Gasteiger partial charge in [0, 0.05) is 31.6 Å². The predicted octanol–water partition coefficient (Wildman–Crippen LogP) is 3.07. The molecule has 146 valence electrons. The van der Waals surface area contributed by atoms with Gasteiger partial charge in [0.25, 0.3) is 0 Å². The fourth-order valence-electron chi connectivity index (χ4n) is 2.40. The highest BCUT2D eigenvalue weighted by Gasteiger charge is 2.15. The zero-order valence-corrected chi connectivity index (χ0v) is 16.9. The van der Waals surface area contributed by atoms with Gasteiger partial charge in [-0.2, -0.15) is 0 Å². The Morgan fingerprint density at radius 2 is 1.74 bits per heavy atom. The number of ether oxygens (including phenoxy) is 1. The number of amides is 1. The van der Waals surface area contributed by atoms with Gasteiger partial charge in [0.05, 0.1) is 11.5 Å². The fraction of sp³-hybridized carbons (Fsp3) is 0.316. The molecule has 0 bridgehead atoms. The van der Waals surface area contributed by atoms with Crippen molar-refractivity contribution in [3.05, 3.63) is 59.1 Å². The Bertz CT molecular complexity index is 852. The maximum atomic E-state index is 12.3. The summed E-state index contributed by atoms with van der Waals surface area (Å²) >= 11 is 5.84. The van der Waals surface area contributed by atoms with Crippen molar-refractivity contribution in [3.63, 3.8) is 0 Å². The molecule has 2 aromatic carbocycles. The molecule has 27 heavy (non-hydrogen) atoms. The second-order valence-electron chi connectivity index (χ2n) is 5.93. The van der Waals surface area contributed by atoms with Crippen LogP contribution in [0.4, 0.5) is 0 Å². The van der Waals surface area contributed by atoms with Gasteiger partial charge in [-0.25, -0.2) is 13.1 Å².